The molecule has 32 valence electrons. The summed E-state index contributed by atoms with van der Waals surface area (Å²) < 4.78 is 0. The predicted molar refractivity (Wildman–Crippen MR) is 26.4 cm³/mol. The summed E-state index contributed by atoms with van der Waals surface area (Å²) in [7, 11) is 7.90. The van der Waals surface area contributed by atoms with Crippen molar-refractivity contribution in [1.29, 1.82) is 5.26 Å². The Hall–Kier alpha value is -0.485. The molecule has 0 aliphatic heterocycles. The van der Waals surface area contributed by atoms with Crippen molar-refractivity contribution < 1.29 is 0 Å². The zero-order chi connectivity index (χ0) is 5.41. The van der Waals surface area contributed by atoms with Gasteiger partial charge in [-0.2, -0.15) is 0 Å². The lowest BCUT2D eigenvalue weighted by Crippen LogP contribution is -1.89. The first-order valence-electron chi connectivity index (χ1n) is 1.51. The molecule has 0 saturated carbocycles. The Balaban J connectivity index is 0. The summed E-state index contributed by atoms with van der Waals surface area (Å²) in [5.41, 5.74) is 0. The third kappa shape index (κ3) is 94.5. The Bertz CT molecular complexity index is 38.5. The molecule has 2 nitrogen and oxygen atoms in total. The Morgan fingerprint density at radius 3 is 1.67 bits per heavy atom. The molecule has 0 aliphatic carbocycles. The molecule has 0 aromatic heterocycles. The summed E-state index contributed by atoms with van der Waals surface area (Å²) in [5, 5.41) is 9.85. The number of hydrogen-bond acceptors (Lipinski definition) is 2. The number of nitrogens with one attached hydrogen (secondary N) is 1. The van der Waals surface area contributed by atoms with Crippen LogP contribution in [0.5, 0.6) is 0 Å². The quantitative estimate of drug-likeness (QED) is 0.399. The molecule has 3 heteroatoms. The number of rotatable bonds is 0. The maximum Gasteiger partial charge on any atom is 0.229 e. The van der Waals surface area contributed by atoms with Crippen LogP contribution < -0.4 is 5.32 Å². The highest BCUT2D eigenvalue weighted by molar-refractivity contribution is 6.20. The third-order valence-electron chi connectivity index (χ3n) is 0. The molecule has 0 spiro atoms. The summed E-state index contributed by atoms with van der Waals surface area (Å²) >= 11 is 0. The lowest BCUT2D eigenvalue weighted by Gasteiger charge is -1.59. The van der Waals surface area contributed by atoms with Crippen LogP contribution in [0.4, 0.5) is 0 Å². The minimum absolute atomic E-state index is 1.25. The second-order valence-corrected chi connectivity index (χ2v) is 0.629. The first-order chi connectivity index (χ1) is 2.83. The molecule has 6 heavy (non-hydrogen) atoms. The van der Waals surface area contributed by atoms with Crippen molar-refractivity contribution in [2.75, 3.05) is 14.1 Å². The zero-order valence-electron chi connectivity index (χ0n) is 4.02. The normalized spacial score (nSPS) is 4.17. The van der Waals surface area contributed by atoms with Crippen molar-refractivity contribution >= 4 is 7.85 Å². The molecule has 0 aromatic carbocycles. The van der Waals surface area contributed by atoms with Gasteiger partial charge in [-0.05, 0) is 20.1 Å². The van der Waals surface area contributed by atoms with E-state index in [0.29, 0.717) is 0 Å². The van der Waals surface area contributed by atoms with E-state index in [0.717, 1.165) is 0 Å². The highest BCUT2D eigenvalue weighted by Crippen LogP contribution is 1.04. The number of hydrogen-bond donors (Lipinski definition) is 1. The summed E-state index contributed by atoms with van der Waals surface area (Å²) in [5.74, 6) is 1.25. The van der Waals surface area contributed by atoms with Crippen molar-refractivity contribution in [2.45, 2.75) is 0 Å². The van der Waals surface area contributed by atoms with Crippen LogP contribution in [-0.2, 0) is 0 Å². The molecule has 0 bridgehead atoms. The highest BCUT2D eigenvalue weighted by Gasteiger charge is 1.25. The van der Waals surface area contributed by atoms with Crippen LogP contribution in [0.2, 0.25) is 0 Å². The van der Waals surface area contributed by atoms with Gasteiger partial charge in [0.25, 0.3) is 0 Å². The Morgan fingerprint density at radius 2 is 1.67 bits per heavy atom. The van der Waals surface area contributed by atoms with Gasteiger partial charge in [0.2, 0.25) is 7.85 Å². The first-order valence-corrected chi connectivity index (χ1v) is 1.51. The van der Waals surface area contributed by atoms with E-state index in [1.54, 1.807) is 0 Å². The van der Waals surface area contributed by atoms with E-state index < -0.39 is 0 Å². The minimum atomic E-state index is 1.25. The van der Waals surface area contributed by atoms with Crippen molar-refractivity contribution in [3.63, 3.8) is 0 Å². The van der Waals surface area contributed by atoms with E-state index >= 15 is 0 Å². The van der Waals surface area contributed by atoms with E-state index in [1.165, 1.54) is 5.97 Å². The summed E-state index contributed by atoms with van der Waals surface area (Å²) in [6, 6.07) is 0. The SMILES string of the molecule is CNC.[B]C#N. The van der Waals surface area contributed by atoms with Gasteiger partial charge in [-0.3, -0.25) is 0 Å². The monoisotopic (exact) mass is 82.1 g/mol. The van der Waals surface area contributed by atoms with Crippen LogP contribution in [0.25, 0.3) is 0 Å². The van der Waals surface area contributed by atoms with Crippen molar-refractivity contribution in [3.05, 3.63) is 0 Å². The second-order valence-electron chi connectivity index (χ2n) is 0.629. The highest BCUT2D eigenvalue weighted by atomic mass is 14.7. The van der Waals surface area contributed by atoms with Crippen LogP contribution in [-0.4, -0.2) is 21.9 Å². The van der Waals surface area contributed by atoms with Gasteiger partial charge in [-0.25, -0.2) is 5.26 Å². The number of nitriles is 1. The molecule has 0 aromatic rings. The van der Waals surface area contributed by atoms with Gasteiger partial charge in [-0.15, -0.1) is 0 Å². The molecule has 0 amide bonds. The van der Waals surface area contributed by atoms with Crippen LogP contribution in [0, 0.1) is 11.2 Å². The molecule has 0 fully saturated rings. The van der Waals surface area contributed by atoms with E-state index in [9.17, 15) is 0 Å². The largest absolute Gasteiger partial charge is 0.323 e. The summed E-state index contributed by atoms with van der Waals surface area (Å²) in [6.45, 7) is 0. The molecule has 0 atom stereocenters. The van der Waals surface area contributed by atoms with Gasteiger partial charge in [0.15, 0.2) is 0 Å². The molecule has 0 aliphatic rings. The lowest BCUT2D eigenvalue weighted by atomic mass is 10.2. The van der Waals surface area contributed by atoms with Gasteiger partial charge < -0.3 is 5.32 Å². The fourth-order valence-electron chi connectivity index (χ4n) is 0. The van der Waals surface area contributed by atoms with Gasteiger partial charge >= 0.3 is 0 Å². The molecular weight excluding hydrogens is 74.9 g/mol. The zero-order valence-corrected chi connectivity index (χ0v) is 4.02. The molecule has 0 heterocycles. The minimum Gasteiger partial charge on any atom is -0.323 e. The average molecular weight is 81.9 g/mol. The van der Waals surface area contributed by atoms with E-state index in [4.69, 9.17) is 5.26 Å². The maximum atomic E-state index is 7.10. The second kappa shape index (κ2) is 24.3. The van der Waals surface area contributed by atoms with Crippen LogP contribution in [0.3, 0.4) is 0 Å². The molecule has 0 rings (SSSR count). The van der Waals surface area contributed by atoms with E-state index in [-0.39, 0.29) is 0 Å². The van der Waals surface area contributed by atoms with Gasteiger partial charge in [0.05, 0.1) is 0 Å². The van der Waals surface area contributed by atoms with Crippen LogP contribution in [0.1, 0.15) is 0 Å². The Morgan fingerprint density at radius 1 is 1.67 bits per heavy atom. The van der Waals surface area contributed by atoms with E-state index in [1.807, 2.05) is 14.1 Å². The van der Waals surface area contributed by atoms with Crippen molar-refractivity contribution in [2.24, 2.45) is 0 Å². The van der Waals surface area contributed by atoms with Crippen molar-refractivity contribution in [3.8, 4) is 5.97 Å². The smallest absolute Gasteiger partial charge is 0.229 e. The average Bonchev–Trinajstić information content (AvgIpc) is 1.39. The van der Waals surface area contributed by atoms with Crippen LogP contribution in [0.15, 0.2) is 0 Å². The molecular formula is C3H7BN2. The van der Waals surface area contributed by atoms with Gasteiger partial charge in [0, 0.05) is 0 Å². The molecule has 0 unspecified atom stereocenters. The Labute approximate surface area is 39.6 Å². The first kappa shape index (κ1) is 9.10. The summed E-state index contributed by atoms with van der Waals surface area (Å²) in [6.07, 6.45) is 0. The summed E-state index contributed by atoms with van der Waals surface area (Å²) in [4.78, 5) is 0. The maximum absolute atomic E-state index is 7.10. The fraction of sp³-hybridized carbons (Fsp3) is 0.667. The standard InChI is InChI=1S/C2H7N.CBN/c1-3-2;2-1-3/h3H,1-2H3;. The lowest BCUT2D eigenvalue weighted by molar-refractivity contribution is 1.02. The fourth-order valence-corrected chi connectivity index (χ4v) is 0. The van der Waals surface area contributed by atoms with Gasteiger partial charge in [0.1, 0.15) is 0 Å². The molecule has 0 saturated heterocycles. The topological polar surface area (TPSA) is 35.8 Å². The third-order valence-corrected chi connectivity index (χ3v) is 0. The van der Waals surface area contributed by atoms with Gasteiger partial charge in [-0.1, -0.05) is 0 Å². The molecule has 2 radical (unpaired) electrons. The number of nitrogens with zero attached hydrogens (tertiary/aromatic N) is 1. The molecule has 1 N–H and O–H groups in total. The van der Waals surface area contributed by atoms with Crippen molar-refractivity contribution in [1.82, 2.24) is 5.32 Å². The van der Waals surface area contributed by atoms with E-state index in [2.05, 4.69) is 13.2 Å². The van der Waals surface area contributed by atoms with Crippen LogP contribution >= 0.6 is 0 Å². The Kier molecular flexibility index (Phi) is 36.9. The predicted octanol–water partition coefficient (Wildman–Crippen LogP) is -0.528.